The normalized spacial score (nSPS) is 10.2. The third-order valence-corrected chi connectivity index (χ3v) is 3.76. The molecule has 0 saturated carbocycles. The first-order valence-electron chi connectivity index (χ1n) is 7.59. The van der Waals surface area contributed by atoms with Gasteiger partial charge in [0.05, 0.1) is 11.1 Å². The SMILES string of the molecule is CCN(CC)c1c(OC=O)ccc(C(=O)c2ccccc2O)c1O. The molecule has 2 aromatic carbocycles. The van der Waals surface area contributed by atoms with Crippen LogP contribution in [0.3, 0.4) is 0 Å². The molecule has 0 amide bonds. The maximum atomic E-state index is 12.7. The number of ether oxygens (including phenoxy) is 1. The van der Waals surface area contributed by atoms with Gasteiger partial charge in [0.15, 0.2) is 11.5 Å². The Hall–Kier alpha value is -3.02. The lowest BCUT2D eigenvalue weighted by molar-refractivity contribution is -0.120. The average molecular weight is 329 g/mol. The molecule has 0 unspecified atom stereocenters. The molecule has 0 saturated heterocycles. The molecule has 0 aliphatic heterocycles. The number of ketones is 1. The van der Waals surface area contributed by atoms with Crippen molar-refractivity contribution >= 4 is 17.9 Å². The minimum Gasteiger partial charge on any atom is -0.507 e. The molecule has 0 heterocycles. The summed E-state index contributed by atoms with van der Waals surface area (Å²) in [4.78, 5) is 25.1. The highest BCUT2D eigenvalue weighted by Crippen LogP contribution is 2.41. The average Bonchev–Trinajstić information content (AvgIpc) is 2.58. The van der Waals surface area contributed by atoms with Gasteiger partial charge in [0.2, 0.25) is 5.78 Å². The molecule has 0 aromatic heterocycles. The molecule has 2 aromatic rings. The van der Waals surface area contributed by atoms with Crippen molar-refractivity contribution in [2.24, 2.45) is 0 Å². The van der Waals surface area contributed by atoms with Gasteiger partial charge in [0.25, 0.3) is 6.47 Å². The number of phenols is 2. The molecular weight excluding hydrogens is 310 g/mol. The summed E-state index contributed by atoms with van der Waals surface area (Å²) < 4.78 is 4.92. The van der Waals surface area contributed by atoms with E-state index < -0.39 is 5.78 Å². The first-order valence-corrected chi connectivity index (χ1v) is 7.59. The van der Waals surface area contributed by atoms with E-state index in [1.54, 1.807) is 17.0 Å². The zero-order valence-electron chi connectivity index (χ0n) is 13.5. The van der Waals surface area contributed by atoms with Gasteiger partial charge in [-0.25, -0.2) is 0 Å². The van der Waals surface area contributed by atoms with Crippen LogP contribution in [0.2, 0.25) is 0 Å². The van der Waals surface area contributed by atoms with Crippen molar-refractivity contribution in [3.8, 4) is 17.2 Å². The maximum Gasteiger partial charge on any atom is 0.298 e. The summed E-state index contributed by atoms with van der Waals surface area (Å²) in [5, 5.41) is 20.5. The largest absolute Gasteiger partial charge is 0.507 e. The quantitative estimate of drug-likeness (QED) is 0.600. The van der Waals surface area contributed by atoms with E-state index in [1.165, 1.54) is 24.3 Å². The standard InChI is InChI=1S/C18H19NO5/c1-3-19(4-2)16-15(24-11-20)10-9-13(18(16)23)17(22)12-7-5-6-8-14(12)21/h5-11,21,23H,3-4H2,1-2H3. The van der Waals surface area contributed by atoms with Crippen molar-refractivity contribution in [3.05, 3.63) is 47.5 Å². The summed E-state index contributed by atoms with van der Waals surface area (Å²) in [7, 11) is 0. The van der Waals surface area contributed by atoms with Crippen molar-refractivity contribution in [2.45, 2.75) is 13.8 Å². The van der Waals surface area contributed by atoms with E-state index in [2.05, 4.69) is 0 Å². The number of phenolic OH excluding ortho intramolecular Hbond substituents is 2. The summed E-state index contributed by atoms with van der Waals surface area (Å²) in [5.41, 5.74) is 0.382. The van der Waals surface area contributed by atoms with Gasteiger partial charge in [-0.15, -0.1) is 0 Å². The van der Waals surface area contributed by atoms with Crippen molar-refractivity contribution in [1.29, 1.82) is 0 Å². The third-order valence-electron chi connectivity index (χ3n) is 3.76. The molecule has 2 N–H and O–H groups in total. The van der Waals surface area contributed by atoms with Crippen LogP contribution in [0.4, 0.5) is 5.69 Å². The van der Waals surface area contributed by atoms with Gasteiger partial charge in [0.1, 0.15) is 11.4 Å². The van der Waals surface area contributed by atoms with E-state index in [0.29, 0.717) is 13.1 Å². The number of benzene rings is 2. The van der Waals surface area contributed by atoms with Crippen LogP contribution < -0.4 is 9.64 Å². The minimum atomic E-state index is -0.517. The van der Waals surface area contributed by atoms with Gasteiger partial charge in [-0.3, -0.25) is 9.59 Å². The molecule has 6 heteroatoms. The van der Waals surface area contributed by atoms with Gasteiger partial charge in [-0.2, -0.15) is 0 Å². The molecule has 0 atom stereocenters. The van der Waals surface area contributed by atoms with Crippen molar-refractivity contribution < 1.29 is 24.5 Å². The van der Waals surface area contributed by atoms with Crippen LogP contribution in [0.5, 0.6) is 17.2 Å². The van der Waals surface area contributed by atoms with Crippen LogP contribution in [-0.4, -0.2) is 35.6 Å². The van der Waals surface area contributed by atoms with Gasteiger partial charge in [-0.05, 0) is 38.1 Å². The second-order valence-corrected chi connectivity index (χ2v) is 5.04. The number of hydrogen-bond donors (Lipinski definition) is 2. The Bertz CT molecular complexity index is 753. The smallest absolute Gasteiger partial charge is 0.298 e. The highest BCUT2D eigenvalue weighted by Gasteiger charge is 2.24. The molecule has 24 heavy (non-hydrogen) atoms. The van der Waals surface area contributed by atoms with Crippen molar-refractivity contribution in [2.75, 3.05) is 18.0 Å². The molecule has 0 spiro atoms. The molecule has 0 aliphatic carbocycles. The lowest BCUT2D eigenvalue weighted by Crippen LogP contribution is -2.23. The first-order chi connectivity index (χ1) is 11.5. The summed E-state index contributed by atoms with van der Waals surface area (Å²) in [6, 6.07) is 8.93. The summed E-state index contributed by atoms with van der Waals surface area (Å²) in [6.45, 7) is 5.13. The molecule has 126 valence electrons. The zero-order chi connectivity index (χ0) is 17.7. The van der Waals surface area contributed by atoms with E-state index >= 15 is 0 Å². The number of aromatic hydroxyl groups is 2. The molecule has 6 nitrogen and oxygen atoms in total. The fourth-order valence-electron chi connectivity index (χ4n) is 2.55. The highest BCUT2D eigenvalue weighted by molar-refractivity contribution is 6.13. The molecule has 0 bridgehead atoms. The molecule has 0 fully saturated rings. The Morgan fingerprint density at radius 2 is 1.75 bits per heavy atom. The predicted octanol–water partition coefficient (Wildman–Crippen LogP) is 2.71. The summed E-state index contributed by atoms with van der Waals surface area (Å²) in [5.74, 6) is -0.803. The number of carbonyl (C=O) groups is 2. The molecular formula is C18H19NO5. The van der Waals surface area contributed by atoms with Gasteiger partial charge in [0, 0.05) is 13.1 Å². The summed E-state index contributed by atoms with van der Waals surface area (Å²) in [6.07, 6.45) is 0. The van der Waals surface area contributed by atoms with Crippen LogP contribution in [0.25, 0.3) is 0 Å². The van der Waals surface area contributed by atoms with Crippen LogP contribution in [-0.2, 0) is 4.79 Å². The van der Waals surface area contributed by atoms with Gasteiger partial charge < -0.3 is 19.8 Å². The second-order valence-electron chi connectivity index (χ2n) is 5.04. The van der Waals surface area contributed by atoms with E-state index in [0.717, 1.165) is 0 Å². The number of carbonyl (C=O) groups excluding carboxylic acids is 2. The molecule has 0 aliphatic rings. The number of nitrogens with zero attached hydrogens (tertiary/aromatic N) is 1. The Morgan fingerprint density at radius 1 is 1.08 bits per heavy atom. The van der Waals surface area contributed by atoms with Crippen LogP contribution >= 0.6 is 0 Å². The lowest BCUT2D eigenvalue weighted by Gasteiger charge is -2.25. The van der Waals surface area contributed by atoms with Gasteiger partial charge >= 0.3 is 0 Å². The highest BCUT2D eigenvalue weighted by atomic mass is 16.5. The second kappa shape index (κ2) is 7.50. The minimum absolute atomic E-state index is 0.0247. The fourth-order valence-corrected chi connectivity index (χ4v) is 2.55. The Morgan fingerprint density at radius 3 is 2.33 bits per heavy atom. The number of hydrogen-bond acceptors (Lipinski definition) is 6. The maximum absolute atomic E-state index is 12.7. The molecule has 2 rings (SSSR count). The van der Waals surface area contributed by atoms with E-state index in [-0.39, 0.29) is 40.5 Å². The Balaban J connectivity index is 2.60. The number of anilines is 1. The lowest BCUT2D eigenvalue weighted by atomic mass is 10.00. The molecule has 0 radical (unpaired) electrons. The van der Waals surface area contributed by atoms with Gasteiger partial charge in [-0.1, -0.05) is 12.1 Å². The zero-order valence-corrected chi connectivity index (χ0v) is 13.5. The van der Waals surface area contributed by atoms with E-state index in [4.69, 9.17) is 4.74 Å². The van der Waals surface area contributed by atoms with Crippen molar-refractivity contribution in [1.82, 2.24) is 0 Å². The summed E-state index contributed by atoms with van der Waals surface area (Å²) >= 11 is 0. The third kappa shape index (κ3) is 3.17. The van der Waals surface area contributed by atoms with Crippen LogP contribution in [0.15, 0.2) is 36.4 Å². The first kappa shape index (κ1) is 17.3. The van der Waals surface area contributed by atoms with E-state index in [9.17, 15) is 19.8 Å². The predicted molar refractivity (Wildman–Crippen MR) is 89.9 cm³/mol. The monoisotopic (exact) mass is 329 g/mol. The number of rotatable bonds is 7. The number of para-hydroxylation sites is 1. The Labute approximate surface area is 139 Å². The fraction of sp³-hybridized carbons (Fsp3) is 0.222. The van der Waals surface area contributed by atoms with Crippen molar-refractivity contribution in [3.63, 3.8) is 0 Å². The van der Waals surface area contributed by atoms with E-state index in [1.807, 2.05) is 13.8 Å². The Kier molecular flexibility index (Phi) is 5.42. The van der Waals surface area contributed by atoms with Crippen LogP contribution in [0, 0.1) is 0 Å². The topological polar surface area (TPSA) is 87.1 Å². The van der Waals surface area contributed by atoms with Crippen LogP contribution in [0.1, 0.15) is 29.8 Å².